The third-order valence-corrected chi connectivity index (χ3v) is 4.24. The van der Waals surface area contributed by atoms with E-state index < -0.39 is 0 Å². The molecule has 1 aromatic heterocycles. The van der Waals surface area contributed by atoms with Gasteiger partial charge in [-0.2, -0.15) is 0 Å². The Morgan fingerprint density at radius 3 is 2.73 bits per heavy atom. The maximum atomic E-state index is 14.0. The van der Waals surface area contributed by atoms with Gasteiger partial charge >= 0.3 is 0 Å². The van der Waals surface area contributed by atoms with Crippen molar-refractivity contribution in [2.75, 3.05) is 6.54 Å². The van der Waals surface area contributed by atoms with Gasteiger partial charge in [0.1, 0.15) is 11.5 Å². The smallest absolute Gasteiger partial charge is 0.225 e. The van der Waals surface area contributed by atoms with Crippen molar-refractivity contribution in [3.8, 4) is 0 Å². The van der Waals surface area contributed by atoms with Gasteiger partial charge in [-0.25, -0.2) is 4.39 Å². The number of halogens is 1. The van der Waals surface area contributed by atoms with Crippen molar-refractivity contribution in [1.82, 2.24) is 9.88 Å². The normalized spacial score (nSPS) is 16.3. The summed E-state index contributed by atoms with van der Waals surface area (Å²) >= 11 is 0. The van der Waals surface area contributed by atoms with Crippen molar-refractivity contribution >= 4 is 11.6 Å². The number of aromatic nitrogens is 1. The van der Waals surface area contributed by atoms with Crippen molar-refractivity contribution in [3.05, 3.63) is 65.7 Å². The molecule has 1 atom stereocenters. The quantitative estimate of drug-likeness (QED) is 0.798. The Bertz CT molecular complexity index is 793. The molecular formula is C20H22FN3O2. The van der Waals surface area contributed by atoms with Crippen molar-refractivity contribution < 1.29 is 14.0 Å². The zero-order valence-electron chi connectivity index (χ0n) is 14.9. The summed E-state index contributed by atoms with van der Waals surface area (Å²) in [4.78, 5) is 24.0. The molecule has 0 unspecified atom stereocenters. The van der Waals surface area contributed by atoms with Crippen LogP contribution in [-0.2, 0) is 16.2 Å². The minimum Gasteiger partial charge on any atom is -0.390 e. The molecule has 1 amide bonds. The summed E-state index contributed by atoms with van der Waals surface area (Å²) in [7, 11) is 0. The van der Waals surface area contributed by atoms with E-state index in [1.807, 2.05) is 32.0 Å². The number of carbonyl (C=O) groups is 1. The van der Waals surface area contributed by atoms with E-state index in [1.165, 1.54) is 6.07 Å². The predicted octanol–water partition coefficient (Wildman–Crippen LogP) is 3.40. The van der Waals surface area contributed by atoms with E-state index in [4.69, 9.17) is 4.84 Å². The van der Waals surface area contributed by atoms with E-state index in [0.717, 1.165) is 11.4 Å². The summed E-state index contributed by atoms with van der Waals surface area (Å²) in [6.45, 7) is 4.23. The molecular weight excluding hydrogens is 333 g/mol. The summed E-state index contributed by atoms with van der Waals surface area (Å²) in [5, 5.41) is 4.11. The number of hydrogen-bond acceptors (Lipinski definition) is 4. The number of carbonyl (C=O) groups excluding carboxylic acids is 1. The molecule has 0 spiro atoms. The Labute approximate surface area is 152 Å². The standard InChI is InChI=1S/C20H22FN3O2/c1-14(2)20(25)24(12-15-7-3-4-8-17(15)21)13-16-11-19(23-26-16)18-9-5-6-10-22-18/h3-10,14,16H,11-13H2,1-2H3/t16-/m1/s1. The Hall–Kier alpha value is -2.76. The van der Waals surface area contributed by atoms with Gasteiger partial charge in [-0.05, 0) is 18.2 Å². The van der Waals surface area contributed by atoms with E-state index in [9.17, 15) is 9.18 Å². The molecule has 0 saturated carbocycles. The number of amides is 1. The van der Waals surface area contributed by atoms with Crippen LogP contribution < -0.4 is 0 Å². The van der Waals surface area contributed by atoms with Gasteiger partial charge in [-0.3, -0.25) is 9.78 Å². The van der Waals surface area contributed by atoms with Gasteiger partial charge in [0, 0.05) is 30.6 Å². The SMILES string of the molecule is CC(C)C(=O)N(Cc1ccccc1F)C[C@H]1CC(c2ccccn2)=NO1. The van der Waals surface area contributed by atoms with E-state index in [1.54, 1.807) is 29.3 Å². The third kappa shape index (κ3) is 4.25. The Morgan fingerprint density at radius 1 is 1.27 bits per heavy atom. The minimum absolute atomic E-state index is 0.0388. The fraction of sp³-hybridized carbons (Fsp3) is 0.350. The molecule has 5 nitrogen and oxygen atoms in total. The van der Waals surface area contributed by atoms with Crippen LogP contribution >= 0.6 is 0 Å². The second-order valence-corrected chi connectivity index (χ2v) is 6.65. The average molecular weight is 355 g/mol. The van der Waals surface area contributed by atoms with Gasteiger partial charge in [-0.15, -0.1) is 0 Å². The highest BCUT2D eigenvalue weighted by Gasteiger charge is 2.28. The van der Waals surface area contributed by atoms with E-state index >= 15 is 0 Å². The summed E-state index contributed by atoms with van der Waals surface area (Å²) in [6, 6.07) is 12.1. The molecule has 26 heavy (non-hydrogen) atoms. The van der Waals surface area contributed by atoms with Crippen LogP contribution in [0.3, 0.4) is 0 Å². The molecule has 0 aliphatic carbocycles. The van der Waals surface area contributed by atoms with Gasteiger partial charge in [0.15, 0.2) is 6.10 Å². The monoisotopic (exact) mass is 355 g/mol. The van der Waals surface area contributed by atoms with Crippen LogP contribution in [0.5, 0.6) is 0 Å². The maximum absolute atomic E-state index is 14.0. The highest BCUT2D eigenvalue weighted by molar-refractivity contribution is 5.99. The first-order valence-electron chi connectivity index (χ1n) is 8.71. The van der Waals surface area contributed by atoms with Crippen LogP contribution in [-0.4, -0.2) is 34.2 Å². The molecule has 0 saturated heterocycles. The minimum atomic E-state index is -0.313. The van der Waals surface area contributed by atoms with Crippen LogP contribution in [0.15, 0.2) is 53.8 Å². The predicted molar refractivity (Wildman–Crippen MR) is 96.9 cm³/mol. The molecule has 2 aromatic rings. The van der Waals surface area contributed by atoms with Crippen LogP contribution in [0.2, 0.25) is 0 Å². The Kier molecular flexibility index (Phi) is 5.61. The number of nitrogens with zero attached hydrogens (tertiary/aromatic N) is 3. The number of benzene rings is 1. The fourth-order valence-corrected chi connectivity index (χ4v) is 2.89. The van der Waals surface area contributed by atoms with Crippen LogP contribution in [0.25, 0.3) is 0 Å². The molecule has 3 rings (SSSR count). The number of hydrogen-bond donors (Lipinski definition) is 0. The summed E-state index contributed by atoms with van der Waals surface area (Å²) in [6.07, 6.45) is 2.01. The van der Waals surface area contributed by atoms with Gasteiger partial charge < -0.3 is 9.74 Å². The zero-order valence-corrected chi connectivity index (χ0v) is 14.9. The first kappa shape index (κ1) is 18.0. The fourth-order valence-electron chi connectivity index (χ4n) is 2.89. The highest BCUT2D eigenvalue weighted by Crippen LogP contribution is 2.19. The molecule has 0 radical (unpaired) electrons. The lowest BCUT2D eigenvalue weighted by atomic mass is 10.1. The average Bonchev–Trinajstić information content (AvgIpc) is 3.11. The zero-order chi connectivity index (χ0) is 18.5. The van der Waals surface area contributed by atoms with Crippen molar-refractivity contribution in [2.45, 2.75) is 32.9 Å². The molecule has 1 aromatic carbocycles. The second-order valence-electron chi connectivity index (χ2n) is 6.65. The largest absolute Gasteiger partial charge is 0.390 e. The van der Waals surface area contributed by atoms with Gasteiger partial charge in [0.25, 0.3) is 0 Å². The highest BCUT2D eigenvalue weighted by atomic mass is 19.1. The summed E-state index contributed by atoms with van der Waals surface area (Å²) in [5.41, 5.74) is 2.02. The van der Waals surface area contributed by atoms with Crippen molar-refractivity contribution in [1.29, 1.82) is 0 Å². The van der Waals surface area contributed by atoms with E-state index in [-0.39, 0.29) is 30.3 Å². The Balaban J connectivity index is 1.69. The molecule has 1 aliphatic rings. The lowest BCUT2D eigenvalue weighted by molar-refractivity contribution is -0.137. The number of rotatable bonds is 6. The van der Waals surface area contributed by atoms with Crippen molar-refractivity contribution in [2.24, 2.45) is 11.1 Å². The Morgan fingerprint density at radius 2 is 2.04 bits per heavy atom. The number of pyridine rings is 1. The second kappa shape index (κ2) is 8.08. The van der Waals surface area contributed by atoms with Gasteiger partial charge in [0.05, 0.1) is 12.2 Å². The lowest BCUT2D eigenvalue weighted by Gasteiger charge is -2.26. The third-order valence-electron chi connectivity index (χ3n) is 4.24. The molecule has 1 aliphatic heterocycles. The van der Waals surface area contributed by atoms with Crippen molar-refractivity contribution in [3.63, 3.8) is 0 Å². The van der Waals surface area contributed by atoms with E-state index in [2.05, 4.69) is 10.1 Å². The van der Waals surface area contributed by atoms with E-state index in [0.29, 0.717) is 18.5 Å². The lowest BCUT2D eigenvalue weighted by Crippen LogP contribution is -2.39. The topological polar surface area (TPSA) is 54.8 Å². The molecule has 0 N–H and O–H groups in total. The molecule has 0 fully saturated rings. The summed E-state index contributed by atoms with van der Waals surface area (Å²) in [5.74, 6) is -0.533. The molecule has 0 bridgehead atoms. The first-order valence-corrected chi connectivity index (χ1v) is 8.71. The van der Waals surface area contributed by atoms with Crippen LogP contribution in [0.4, 0.5) is 4.39 Å². The first-order chi connectivity index (χ1) is 12.5. The number of oxime groups is 1. The van der Waals surface area contributed by atoms with Gasteiger partial charge in [-0.1, -0.05) is 43.3 Å². The van der Waals surface area contributed by atoms with Crippen LogP contribution in [0, 0.1) is 11.7 Å². The maximum Gasteiger partial charge on any atom is 0.225 e. The summed E-state index contributed by atoms with van der Waals surface area (Å²) < 4.78 is 14.0. The molecule has 136 valence electrons. The van der Waals surface area contributed by atoms with Crippen LogP contribution in [0.1, 0.15) is 31.5 Å². The van der Waals surface area contributed by atoms with Gasteiger partial charge in [0.2, 0.25) is 5.91 Å². The molecule has 6 heteroatoms. The molecule has 2 heterocycles.